The first-order chi connectivity index (χ1) is 11.5. The molecule has 7 nitrogen and oxygen atoms in total. The highest BCUT2D eigenvalue weighted by Gasteiger charge is 2.24. The Morgan fingerprint density at radius 3 is 2.33 bits per heavy atom. The van der Waals surface area contributed by atoms with Gasteiger partial charge in [0, 0.05) is 12.1 Å². The first kappa shape index (κ1) is 17.8. The summed E-state index contributed by atoms with van der Waals surface area (Å²) in [5, 5.41) is 19.1. The summed E-state index contributed by atoms with van der Waals surface area (Å²) in [6.07, 6.45) is 0.469. The highest BCUT2D eigenvalue weighted by atomic mass is 16.7. The van der Waals surface area contributed by atoms with E-state index >= 15 is 0 Å². The summed E-state index contributed by atoms with van der Waals surface area (Å²) in [5.41, 5.74) is 3.66. The van der Waals surface area contributed by atoms with Crippen LogP contribution in [0.15, 0.2) is 42.5 Å². The zero-order valence-electron chi connectivity index (χ0n) is 13.7. The molecule has 0 radical (unpaired) electrons. The molecule has 0 amide bonds. The number of nitrogens with one attached hydrogen (secondary N) is 1. The van der Waals surface area contributed by atoms with Gasteiger partial charge in [0.1, 0.15) is 6.04 Å². The van der Waals surface area contributed by atoms with Gasteiger partial charge in [-0.15, -0.1) is 4.73 Å². The van der Waals surface area contributed by atoms with Crippen LogP contribution in [0, 0.1) is 5.92 Å². The van der Waals surface area contributed by atoms with E-state index in [4.69, 9.17) is 9.68 Å². The zero-order valence-corrected chi connectivity index (χ0v) is 13.7. The van der Waals surface area contributed by atoms with Gasteiger partial charge in [0.25, 0.3) is 0 Å². The van der Waals surface area contributed by atoms with Gasteiger partial charge in [-0.1, -0.05) is 44.2 Å². The molecule has 130 valence electrons. The highest BCUT2D eigenvalue weighted by Crippen LogP contribution is 2.19. The van der Waals surface area contributed by atoms with Gasteiger partial charge in [-0.3, -0.25) is 4.84 Å². The van der Waals surface area contributed by atoms with Crippen molar-refractivity contribution in [1.82, 2.24) is 10.2 Å². The summed E-state index contributed by atoms with van der Waals surface area (Å²) >= 11 is 0. The van der Waals surface area contributed by atoms with Crippen LogP contribution in [0.5, 0.6) is 11.8 Å². The predicted molar refractivity (Wildman–Crippen MR) is 87.0 cm³/mol. The Kier molecular flexibility index (Phi) is 6.22. The largest absolute Gasteiger partial charge is 0.492 e. The Hall–Kier alpha value is -2.51. The van der Waals surface area contributed by atoms with Gasteiger partial charge in [0.15, 0.2) is 0 Å². The second kappa shape index (κ2) is 8.37. The van der Waals surface area contributed by atoms with Crippen LogP contribution in [-0.4, -0.2) is 27.0 Å². The first-order valence-corrected chi connectivity index (χ1v) is 7.70. The Morgan fingerprint density at radius 1 is 1.12 bits per heavy atom. The number of nitrogens with zero attached hydrogens (tertiary/aromatic N) is 1. The molecule has 24 heavy (non-hydrogen) atoms. The van der Waals surface area contributed by atoms with E-state index in [0.717, 1.165) is 5.56 Å². The number of hydroxylamine groups is 1. The fourth-order valence-electron chi connectivity index (χ4n) is 2.11. The maximum Gasteiger partial charge on any atom is 0.352 e. The summed E-state index contributed by atoms with van der Waals surface area (Å²) in [6.45, 7) is 4.22. The Balaban J connectivity index is 1.95. The van der Waals surface area contributed by atoms with Crippen molar-refractivity contribution in [3.8, 4) is 11.8 Å². The quantitative estimate of drug-likeness (QED) is 0.639. The summed E-state index contributed by atoms with van der Waals surface area (Å²) < 4.78 is 0.661. The molecule has 0 unspecified atom stereocenters. The molecule has 2 rings (SSSR count). The number of benzene rings is 1. The number of carbonyl (C=O) groups is 1. The van der Waals surface area contributed by atoms with Gasteiger partial charge in [-0.2, -0.15) is 5.48 Å². The third-order valence-corrected chi connectivity index (χ3v) is 3.28. The van der Waals surface area contributed by atoms with Crippen LogP contribution < -0.4 is 10.3 Å². The van der Waals surface area contributed by atoms with E-state index in [1.807, 2.05) is 44.2 Å². The molecule has 1 heterocycles. The van der Waals surface area contributed by atoms with E-state index in [-0.39, 0.29) is 17.7 Å². The van der Waals surface area contributed by atoms with Crippen LogP contribution in [0.3, 0.4) is 0 Å². The number of hydrogen-bond acceptors (Lipinski definition) is 6. The van der Waals surface area contributed by atoms with Crippen molar-refractivity contribution < 1.29 is 24.7 Å². The fourth-order valence-corrected chi connectivity index (χ4v) is 2.11. The number of aromatic nitrogens is 1. The molecule has 0 aliphatic carbocycles. The van der Waals surface area contributed by atoms with Crippen molar-refractivity contribution in [3.05, 3.63) is 48.0 Å². The molecule has 0 saturated heterocycles. The van der Waals surface area contributed by atoms with Crippen molar-refractivity contribution in [1.29, 1.82) is 0 Å². The molecular formula is C17H22N2O5. The van der Waals surface area contributed by atoms with Gasteiger partial charge < -0.3 is 15.1 Å². The van der Waals surface area contributed by atoms with Crippen LogP contribution in [0.2, 0.25) is 0 Å². The van der Waals surface area contributed by atoms with Crippen molar-refractivity contribution in [3.63, 3.8) is 0 Å². The summed E-state index contributed by atoms with van der Waals surface area (Å²) in [4.78, 5) is 22.7. The molecule has 7 heteroatoms. The molecule has 0 aliphatic heterocycles. The lowest BCUT2D eigenvalue weighted by Gasteiger charge is -2.19. The standard InChI is InChI=1S/C17H22N2O5/c1-12(2)10-14(18-23-11-13-6-4-3-5-7-13)17(22)24-19-15(20)8-9-16(19)21/h3-9,12,14,18,20-21H,10-11H2,1-2H3/t14-/m0/s1. The van der Waals surface area contributed by atoms with E-state index in [9.17, 15) is 15.0 Å². The SMILES string of the molecule is CC(C)C[C@H](NOCc1ccccc1)C(=O)On1c(O)ccc1O. The zero-order chi connectivity index (χ0) is 17.5. The molecule has 2 aromatic rings. The molecule has 0 saturated carbocycles. The lowest BCUT2D eigenvalue weighted by atomic mass is 10.0. The van der Waals surface area contributed by atoms with Gasteiger partial charge in [-0.25, -0.2) is 4.79 Å². The van der Waals surface area contributed by atoms with Crippen LogP contribution >= 0.6 is 0 Å². The minimum Gasteiger partial charge on any atom is -0.492 e. The van der Waals surface area contributed by atoms with Gasteiger partial charge in [0.05, 0.1) is 6.61 Å². The molecule has 3 N–H and O–H groups in total. The van der Waals surface area contributed by atoms with Crippen molar-refractivity contribution in [2.75, 3.05) is 0 Å². The lowest BCUT2D eigenvalue weighted by molar-refractivity contribution is -0.153. The van der Waals surface area contributed by atoms with Crippen molar-refractivity contribution in [2.45, 2.75) is 32.9 Å². The molecule has 0 spiro atoms. The normalized spacial score (nSPS) is 12.3. The second-order valence-electron chi connectivity index (χ2n) is 5.83. The Bertz CT molecular complexity index is 635. The average Bonchev–Trinajstić information content (AvgIpc) is 2.86. The summed E-state index contributed by atoms with van der Waals surface area (Å²) in [7, 11) is 0. The van der Waals surface area contributed by atoms with E-state index in [0.29, 0.717) is 17.8 Å². The van der Waals surface area contributed by atoms with Crippen LogP contribution in [0.1, 0.15) is 25.8 Å². The minimum atomic E-state index is -0.741. The van der Waals surface area contributed by atoms with Crippen molar-refractivity contribution >= 4 is 5.97 Å². The van der Waals surface area contributed by atoms with Crippen LogP contribution in [0.4, 0.5) is 0 Å². The summed E-state index contributed by atoms with van der Waals surface area (Å²) in [5.74, 6) is -1.19. The monoisotopic (exact) mass is 334 g/mol. The lowest BCUT2D eigenvalue weighted by Crippen LogP contribution is -2.42. The maximum atomic E-state index is 12.3. The van der Waals surface area contributed by atoms with Crippen LogP contribution in [0.25, 0.3) is 0 Å². The Morgan fingerprint density at radius 2 is 1.75 bits per heavy atom. The molecular weight excluding hydrogens is 312 g/mol. The number of carbonyl (C=O) groups excluding carboxylic acids is 1. The van der Waals surface area contributed by atoms with Gasteiger partial charge in [-0.05, 0) is 17.9 Å². The molecule has 1 atom stereocenters. The molecule has 1 aromatic carbocycles. The summed E-state index contributed by atoms with van der Waals surface area (Å²) in [6, 6.07) is 11.2. The third-order valence-electron chi connectivity index (χ3n) is 3.28. The topological polar surface area (TPSA) is 93.0 Å². The average molecular weight is 334 g/mol. The minimum absolute atomic E-state index is 0.210. The van der Waals surface area contributed by atoms with Crippen LogP contribution in [-0.2, 0) is 16.2 Å². The van der Waals surface area contributed by atoms with Crippen molar-refractivity contribution in [2.24, 2.45) is 5.92 Å². The van der Waals surface area contributed by atoms with E-state index in [1.165, 1.54) is 12.1 Å². The first-order valence-electron chi connectivity index (χ1n) is 7.70. The molecule has 0 aliphatic rings. The highest BCUT2D eigenvalue weighted by molar-refractivity contribution is 5.76. The Labute approximate surface area is 140 Å². The second-order valence-corrected chi connectivity index (χ2v) is 5.83. The van der Waals surface area contributed by atoms with E-state index in [2.05, 4.69) is 5.48 Å². The predicted octanol–water partition coefficient (Wildman–Crippen LogP) is 1.99. The number of aromatic hydroxyl groups is 2. The third kappa shape index (κ3) is 5.00. The molecule has 0 bridgehead atoms. The molecule has 1 aromatic heterocycles. The number of rotatable bonds is 8. The smallest absolute Gasteiger partial charge is 0.352 e. The van der Waals surface area contributed by atoms with Gasteiger partial charge >= 0.3 is 5.97 Å². The van der Waals surface area contributed by atoms with E-state index in [1.54, 1.807) is 0 Å². The van der Waals surface area contributed by atoms with E-state index < -0.39 is 12.0 Å². The van der Waals surface area contributed by atoms with Gasteiger partial charge in [0.2, 0.25) is 11.8 Å². The fraction of sp³-hybridized carbons (Fsp3) is 0.353. The number of hydrogen-bond donors (Lipinski definition) is 3. The molecule has 0 fully saturated rings. The maximum absolute atomic E-state index is 12.3.